The van der Waals surface area contributed by atoms with Gasteiger partial charge in [-0.15, -0.1) is 0 Å². The van der Waals surface area contributed by atoms with Crippen LogP contribution in [-0.4, -0.2) is 45.2 Å². The van der Waals surface area contributed by atoms with Crippen molar-refractivity contribution >= 4 is 5.69 Å². The molecule has 0 unspecified atom stereocenters. The number of nitrogens with zero attached hydrogens (tertiary/aromatic N) is 2. The molecule has 0 saturated carbocycles. The maximum absolute atomic E-state index is 3.52. The van der Waals surface area contributed by atoms with Crippen LogP contribution in [0, 0.1) is 5.92 Å². The predicted octanol–water partition coefficient (Wildman–Crippen LogP) is 2.36. The standard InChI is InChI=1S/C17H29N3/c1-14(2)13-20(11-10-19(3)4)17-7-5-6-15-8-9-18-12-16(15)17/h5-7,14,18H,8-13H2,1-4H3. The number of fused-ring (bicyclic) bond motifs is 1. The molecule has 0 radical (unpaired) electrons. The smallest absolute Gasteiger partial charge is 0.0415 e. The van der Waals surface area contributed by atoms with Crippen LogP contribution in [0.4, 0.5) is 5.69 Å². The quantitative estimate of drug-likeness (QED) is 0.860. The summed E-state index contributed by atoms with van der Waals surface area (Å²) >= 11 is 0. The molecule has 0 fully saturated rings. The summed E-state index contributed by atoms with van der Waals surface area (Å²) in [6, 6.07) is 6.81. The zero-order chi connectivity index (χ0) is 14.5. The van der Waals surface area contributed by atoms with Gasteiger partial charge in [-0.3, -0.25) is 0 Å². The highest BCUT2D eigenvalue weighted by Crippen LogP contribution is 2.27. The van der Waals surface area contributed by atoms with Crippen LogP contribution in [0.5, 0.6) is 0 Å². The zero-order valence-corrected chi connectivity index (χ0v) is 13.4. The largest absolute Gasteiger partial charge is 0.370 e. The van der Waals surface area contributed by atoms with Gasteiger partial charge in [0.05, 0.1) is 0 Å². The van der Waals surface area contributed by atoms with Crippen molar-refractivity contribution in [3.63, 3.8) is 0 Å². The van der Waals surface area contributed by atoms with Gasteiger partial charge in [-0.2, -0.15) is 0 Å². The first-order valence-electron chi connectivity index (χ1n) is 7.79. The molecule has 0 aliphatic carbocycles. The molecule has 3 nitrogen and oxygen atoms in total. The van der Waals surface area contributed by atoms with Gasteiger partial charge < -0.3 is 15.1 Å². The van der Waals surface area contributed by atoms with E-state index in [0.717, 1.165) is 39.1 Å². The summed E-state index contributed by atoms with van der Waals surface area (Å²) in [7, 11) is 4.30. The predicted molar refractivity (Wildman–Crippen MR) is 87.5 cm³/mol. The molecule has 0 saturated heterocycles. The number of hydrogen-bond acceptors (Lipinski definition) is 3. The summed E-state index contributed by atoms with van der Waals surface area (Å²) in [5.41, 5.74) is 4.48. The lowest BCUT2D eigenvalue weighted by Crippen LogP contribution is -2.36. The fourth-order valence-corrected chi connectivity index (χ4v) is 2.86. The van der Waals surface area contributed by atoms with E-state index >= 15 is 0 Å². The van der Waals surface area contributed by atoms with Crippen LogP contribution in [0.3, 0.4) is 0 Å². The van der Waals surface area contributed by atoms with Crippen molar-refractivity contribution in [3.05, 3.63) is 29.3 Å². The van der Waals surface area contributed by atoms with Gasteiger partial charge in [0.15, 0.2) is 0 Å². The summed E-state index contributed by atoms with van der Waals surface area (Å²) in [5, 5.41) is 3.52. The summed E-state index contributed by atoms with van der Waals surface area (Å²) in [6.45, 7) is 10.1. The summed E-state index contributed by atoms with van der Waals surface area (Å²) in [4.78, 5) is 4.83. The van der Waals surface area contributed by atoms with Gasteiger partial charge in [-0.1, -0.05) is 26.0 Å². The highest BCUT2D eigenvalue weighted by Gasteiger charge is 2.17. The highest BCUT2D eigenvalue weighted by molar-refractivity contribution is 5.57. The highest BCUT2D eigenvalue weighted by atomic mass is 15.2. The van der Waals surface area contributed by atoms with E-state index in [2.05, 4.69) is 61.3 Å². The normalized spacial score (nSPS) is 14.7. The Labute approximate surface area is 124 Å². The molecular formula is C17H29N3. The minimum atomic E-state index is 0.685. The second kappa shape index (κ2) is 7.09. The molecule has 0 amide bonds. The Morgan fingerprint density at radius 2 is 2.00 bits per heavy atom. The number of anilines is 1. The Kier molecular flexibility index (Phi) is 5.44. The Morgan fingerprint density at radius 1 is 1.20 bits per heavy atom. The van der Waals surface area contributed by atoms with Gasteiger partial charge >= 0.3 is 0 Å². The van der Waals surface area contributed by atoms with Crippen LogP contribution in [0.2, 0.25) is 0 Å². The molecule has 1 aromatic carbocycles. The number of hydrogen-bond donors (Lipinski definition) is 1. The first kappa shape index (κ1) is 15.3. The van der Waals surface area contributed by atoms with E-state index in [-0.39, 0.29) is 0 Å². The van der Waals surface area contributed by atoms with E-state index in [1.54, 1.807) is 0 Å². The van der Waals surface area contributed by atoms with Crippen LogP contribution in [0.15, 0.2) is 18.2 Å². The Hall–Kier alpha value is -1.06. The van der Waals surface area contributed by atoms with Gasteiger partial charge in [-0.05, 0) is 50.2 Å². The molecule has 2 rings (SSSR count). The fraction of sp³-hybridized carbons (Fsp3) is 0.647. The molecule has 112 valence electrons. The van der Waals surface area contributed by atoms with Crippen molar-refractivity contribution in [3.8, 4) is 0 Å². The Balaban J connectivity index is 2.23. The van der Waals surface area contributed by atoms with Crippen LogP contribution >= 0.6 is 0 Å². The lowest BCUT2D eigenvalue weighted by Gasteiger charge is -2.32. The molecule has 0 spiro atoms. The Morgan fingerprint density at radius 3 is 2.70 bits per heavy atom. The molecule has 0 aromatic heterocycles. The van der Waals surface area contributed by atoms with Crippen molar-refractivity contribution in [1.82, 2.24) is 10.2 Å². The molecular weight excluding hydrogens is 246 g/mol. The second-order valence-electron chi connectivity index (χ2n) is 6.48. The Bertz CT molecular complexity index is 426. The average molecular weight is 275 g/mol. The van der Waals surface area contributed by atoms with E-state index in [1.807, 2.05) is 0 Å². The molecule has 1 aromatic rings. The van der Waals surface area contributed by atoms with Crippen molar-refractivity contribution in [2.45, 2.75) is 26.8 Å². The maximum Gasteiger partial charge on any atom is 0.0415 e. The number of nitrogens with one attached hydrogen (secondary N) is 1. The van der Waals surface area contributed by atoms with Crippen molar-refractivity contribution in [1.29, 1.82) is 0 Å². The van der Waals surface area contributed by atoms with Gasteiger partial charge in [0.1, 0.15) is 0 Å². The fourth-order valence-electron chi connectivity index (χ4n) is 2.86. The first-order valence-corrected chi connectivity index (χ1v) is 7.79. The van der Waals surface area contributed by atoms with Crippen molar-refractivity contribution < 1.29 is 0 Å². The molecule has 1 aliphatic rings. The minimum Gasteiger partial charge on any atom is -0.370 e. The van der Waals surface area contributed by atoms with Crippen LogP contribution in [0.25, 0.3) is 0 Å². The van der Waals surface area contributed by atoms with Crippen LogP contribution in [-0.2, 0) is 13.0 Å². The number of rotatable bonds is 6. The van der Waals surface area contributed by atoms with Gasteiger partial charge in [0.25, 0.3) is 0 Å². The second-order valence-corrected chi connectivity index (χ2v) is 6.48. The lowest BCUT2D eigenvalue weighted by atomic mass is 9.98. The van der Waals surface area contributed by atoms with Gasteiger partial charge in [0, 0.05) is 31.9 Å². The maximum atomic E-state index is 3.52. The molecule has 1 N–H and O–H groups in total. The molecule has 1 aliphatic heterocycles. The average Bonchev–Trinajstić information content (AvgIpc) is 2.42. The van der Waals surface area contributed by atoms with E-state index in [9.17, 15) is 0 Å². The SMILES string of the molecule is CC(C)CN(CCN(C)C)c1cccc2c1CNCC2. The molecule has 1 heterocycles. The third-order valence-corrected chi connectivity index (χ3v) is 3.86. The van der Waals surface area contributed by atoms with Gasteiger partial charge in [-0.25, -0.2) is 0 Å². The van der Waals surface area contributed by atoms with E-state index in [4.69, 9.17) is 0 Å². The molecule has 20 heavy (non-hydrogen) atoms. The van der Waals surface area contributed by atoms with Crippen molar-refractivity contribution in [2.75, 3.05) is 45.2 Å². The van der Waals surface area contributed by atoms with Crippen LogP contribution in [0.1, 0.15) is 25.0 Å². The van der Waals surface area contributed by atoms with E-state index in [0.29, 0.717) is 5.92 Å². The molecule has 0 atom stereocenters. The number of benzene rings is 1. The monoisotopic (exact) mass is 275 g/mol. The third-order valence-electron chi connectivity index (χ3n) is 3.86. The summed E-state index contributed by atoms with van der Waals surface area (Å²) in [6.07, 6.45) is 1.16. The zero-order valence-electron chi connectivity index (χ0n) is 13.4. The summed E-state index contributed by atoms with van der Waals surface area (Å²) < 4.78 is 0. The molecule has 3 heteroatoms. The van der Waals surface area contributed by atoms with Gasteiger partial charge in [0.2, 0.25) is 0 Å². The molecule has 0 bridgehead atoms. The summed E-state index contributed by atoms with van der Waals surface area (Å²) in [5.74, 6) is 0.685. The number of likely N-dealkylation sites (N-methyl/N-ethyl adjacent to an activating group) is 1. The lowest BCUT2D eigenvalue weighted by molar-refractivity contribution is 0.408. The first-order chi connectivity index (χ1) is 9.58. The third kappa shape index (κ3) is 3.97. The van der Waals surface area contributed by atoms with E-state index in [1.165, 1.54) is 16.8 Å². The van der Waals surface area contributed by atoms with E-state index < -0.39 is 0 Å². The van der Waals surface area contributed by atoms with Crippen molar-refractivity contribution in [2.24, 2.45) is 5.92 Å². The topological polar surface area (TPSA) is 18.5 Å². The minimum absolute atomic E-state index is 0.685. The van der Waals surface area contributed by atoms with Crippen LogP contribution < -0.4 is 10.2 Å².